The lowest BCUT2D eigenvalue weighted by Gasteiger charge is -2.33. The highest BCUT2D eigenvalue weighted by atomic mass is 15.3. The highest BCUT2D eigenvalue weighted by molar-refractivity contribution is 5.80. The summed E-state index contributed by atoms with van der Waals surface area (Å²) < 4.78 is 0. The molecule has 0 spiro atoms. The number of likely N-dealkylation sites (N-methyl/N-ethyl adjacent to an activating group) is 1. The number of aliphatic imine (C=N–C) groups is 1. The lowest BCUT2D eigenvalue weighted by Crippen LogP contribution is -2.44. The molecule has 1 fully saturated rings. The summed E-state index contributed by atoms with van der Waals surface area (Å²) in [5.74, 6) is 1.94. The zero-order valence-electron chi connectivity index (χ0n) is 15.5. The van der Waals surface area contributed by atoms with Gasteiger partial charge >= 0.3 is 0 Å². The van der Waals surface area contributed by atoms with E-state index in [4.69, 9.17) is 0 Å². The number of anilines is 1. The number of nitrogens with one attached hydrogen (secondary N) is 2. The minimum atomic E-state index is 0.417. The second-order valence-electron chi connectivity index (χ2n) is 6.46. The fraction of sp³-hybridized carbons (Fsp3) is 0.667. The summed E-state index contributed by atoms with van der Waals surface area (Å²) in [6, 6.07) is 4.67. The molecule has 24 heavy (non-hydrogen) atoms. The summed E-state index contributed by atoms with van der Waals surface area (Å²) in [5, 5.41) is 6.70. The average molecular weight is 332 g/mol. The molecule has 6 heteroatoms. The molecule has 1 aromatic rings. The van der Waals surface area contributed by atoms with Crippen molar-refractivity contribution >= 4 is 11.8 Å². The van der Waals surface area contributed by atoms with E-state index in [1.54, 1.807) is 0 Å². The Bertz CT molecular complexity index is 505. The maximum Gasteiger partial charge on any atom is 0.191 e. The quantitative estimate of drug-likeness (QED) is 0.613. The Morgan fingerprint density at radius 1 is 1.25 bits per heavy atom. The molecule has 134 valence electrons. The number of piperazine rings is 1. The van der Waals surface area contributed by atoms with Crippen LogP contribution in [0.1, 0.15) is 32.8 Å². The molecular formula is C18H32N6. The van der Waals surface area contributed by atoms with E-state index in [1.807, 2.05) is 6.20 Å². The molecule has 1 unspecified atom stereocenters. The summed E-state index contributed by atoms with van der Waals surface area (Å²) in [4.78, 5) is 14.0. The van der Waals surface area contributed by atoms with Gasteiger partial charge in [0.1, 0.15) is 5.82 Å². The number of pyridine rings is 1. The minimum Gasteiger partial charge on any atom is -0.357 e. The molecular weight excluding hydrogens is 300 g/mol. The van der Waals surface area contributed by atoms with Crippen LogP contribution in [-0.2, 0) is 6.54 Å². The predicted molar refractivity (Wildman–Crippen MR) is 102 cm³/mol. The number of aromatic nitrogens is 1. The molecule has 2 rings (SSSR count). The molecule has 1 atom stereocenters. The molecule has 1 aliphatic heterocycles. The van der Waals surface area contributed by atoms with Crippen molar-refractivity contribution in [1.82, 2.24) is 20.5 Å². The molecule has 0 aliphatic carbocycles. The number of rotatable bonds is 6. The molecule has 0 bridgehead atoms. The van der Waals surface area contributed by atoms with E-state index in [0.717, 1.165) is 56.5 Å². The smallest absolute Gasteiger partial charge is 0.191 e. The highest BCUT2D eigenvalue weighted by Crippen LogP contribution is 2.14. The van der Waals surface area contributed by atoms with Gasteiger partial charge < -0.3 is 20.4 Å². The number of guanidine groups is 1. The first-order chi connectivity index (χ1) is 11.6. The van der Waals surface area contributed by atoms with E-state index in [2.05, 4.69) is 70.4 Å². The van der Waals surface area contributed by atoms with Crippen molar-refractivity contribution in [2.45, 2.75) is 39.8 Å². The Kier molecular flexibility index (Phi) is 7.31. The summed E-state index contributed by atoms with van der Waals surface area (Å²) in [6.45, 7) is 12.2. The van der Waals surface area contributed by atoms with Gasteiger partial charge in [0.2, 0.25) is 0 Å². The minimum absolute atomic E-state index is 0.417. The Balaban J connectivity index is 1.93. The molecule has 0 aromatic carbocycles. The molecule has 1 saturated heterocycles. The van der Waals surface area contributed by atoms with Gasteiger partial charge in [-0.3, -0.25) is 0 Å². The van der Waals surface area contributed by atoms with Crippen molar-refractivity contribution in [3.05, 3.63) is 23.9 Å². The third kappa shape index (κ3) is 5.67. The standard InChI is InChI=1S/C18H32N6/c1-5-15(3)22-18(19-6-2)21-14-16-7-8-17(20-13-16)24-11-9-23(4)10-12-24/h7-8,13,15H,5-6,9-12,14H2,1-4H3,(H2,19,21,22). The van der Waals surface area contributed by atoms with Crippen LogP contribution in [0.3, 0.4) is 0 Å². The molecule has 2 N–H and O–H groups in total. The van der Waals surface area contributed by atoms with Gasteiger partial charge in [0.15, 0.2) is 5.96 Å². The number of nitrogens with zero attached hydrogens (tertiary/aromatic N) is 4. The Morgan fingerprint density at radius 3 is 2.58 bits per heavy atom. The van der Waals surface area contributed by atoms with Crippen LogP contribution >= 0.6 is 0 Å². The maximum absolute atomic E-state index is 4.66. The summed E-state index contributed by atoms with van der Waals surface area (Å²) in [7, 11) is 2.17. The highest BCUT2D eigenvalue weighted by Gasteiger charge is 2.14. The maximum atomic E-state index is 4.66. The van der Waals surface area contributed by atoms with Crippen molar-refractivity contribution < 1.29 is 0 Å². The number of hydrogen-bond acceptors (Lipinski definition) is 4. The van der Waals surface area contributed by atoms with Gasteiger partial charge in [0, 0.05) is 45.0 Å². The molecule has 2 heterocycles. The fourth-order valence-corrected chi connectivity index (χ4v) is 2.56. The van der Waals surface area contributed by atoms with Gasteiger partial charge in [-0.1, -0.05) is 13.0 Å². The van der Waals surface area contributed by atoms with E-state index >= 15 is 0 Å². The zero-order chi connectivity index (χ0) is 17.4. The average Bonchev–Trinajstić information content (AvgIpc) is 2.61. The van der Waals surface area contributed by atoms with Crippen LogP contribution in [0.2, 0.25) is 0 Å². The van der Waals surface area contributed by atoms with Crippen LogP contribution in [-0.4, -0.2) is 61.7 Å². The molecule has 1 aromatic heterocycles. The molecule has 1 aliphatic rings. The third-order valence-corrected chi connectivity index (χ3v) is 4.40. The fourth-order valence-electron chi connectivity index (χ4n) is 2.56. The first kappa shape index (κ1) is 18.5. The van der Waals surface area contributed by atoms with Crippen molar-refractivity contribution in [1.29, 1.82) is 0 Å². The first-order valence-electron chi connectivity index (χ1n) is 9.05. The van der Waals surface area contributed by atoms with Crippen LogP contribution < -0.4 is 15.5 Å². The molecule has 0 radical (unpaired) electrons. The number of hydrogen-bond donors (Lipinski definition) is 2. The topological polar surface area (TPSA) is 55.8 Å². The van der Waals surface area contributed by atoms with Crippen molar-refractivity contribution in [2.75, 3.05) is 44.7 Å². The van der Waals surface area contributed by atoms with E-state index in [0.29, 0.717) is 12.6 Å². The SMILES string of the molecule is CCNC(=NCc1ccc(N2CCN(C)CC2)nc1)NC(C)CC. The van der Waals surface area contributed by atoms with Gasteiger partial charge in [-0.2, -0.15) is 0 Å². The zero-order valence-corrected chi connectivity index (χ0v) is 15.5. The lowest BCUT2D eigenvalue weighted by atomic mass is 10.2. The van der Waals surface area contributed by atoms with Crippen LogP contribution in [0.5, 0.6) is 0 Å². The normalized spacial score (nSPS) is 17.7. The van der Waals surface area contributed by atoms with Crippen LogP contribution in [0.25, 0.3) is 0 Å². The van der Waals surface area contributed by atoms with Crippen molar-refractivity contribution in [3.8, 4) is 0 Å². The van der Waals surface area contributed by atoms with E-state index in [9.17, 15) is 0 Å². The van der Waals surface area contributed by atoms with Gasteiger partial charge in [-0.15, -0.1) is 0 Å². The second kappa shape index (κ2) is 9.47. The lowest BCUT2D eigenvalue weighted by molar-refractivity contribution is 0.312. The van der Waals surface area contributed by atoms with E-state index < -0.39 is 0 Å². The Hall–Kier alpha value is -1.82. The van der Waals surface area contributed by atoms with Crippen LogP contribution in [0, 0.1) is 0 Å². The Morgan fingerprint density at radius 2 is 2.00 bits per heavy atom. The Labute approximate surface area is 146 Å². The first-order valence-corrected chi connectivity index (χ1v) is 9.05. The summed E-state index contributed by atoms with van der Waals surface area (Å²) in [6.07, 6.45) is 3.02. The molecule has 6 nitrogen and oxygen atoms in total. The van der Waals surface area contributed by atoms with E-state index in [1.165, 1.54) is 0 Å². The molecule has 0 amide bonds. The van der Waals surface area contributed by atoms with Gasteiger partial charge in [0.25, 0.3) is 0 Å². The second-order valence-corrected chi connectivity index (χ2v) is 6.46. The van der Waals surface area contributed by atoms with Gasteiger partial charge in [-0.05, 0) is 38.9 Å². The summed E-state index contributed by atoms with van der Waals surface area (Å²) in [5.41, 5.74) is 1.13. The van der Waals surface area contributed by atoms with Gasteiger partial charge in [-0.25, -0.2) is 9.98 Å². The van der Waals surface area contributed by atoms with Crippen LogP contribution in [0.4, 0.5) is 5.82 Å². The monoisotopic (exact) mass is 332 g/mol. The van der Waals surface area contributed by atoms with Crippen molar-refractivity contribution in [2.24, 2.45) is 4.99 Å². The van der Waals surface area contributed by atoms with Crippen molar-refractivity contribution in [3.63, 3.8) is 0 Å². The molecule has 0 saturated carbocycles. The van der Waals surface area contributed by atoms with E-state index in [-0.39, 0.29) is 0 Å². The predicted octanol–water partition coefficient (Wildman–Crippen LogP) is 1.69. The third-order valence-electron chi connectivity index (χ3n) is 4.40. The van der Waals surface area contributed by atoms with Crippen LogP contribution in [0.15, 0.2) is 23.3 Å². The summed E-state index contributed by atoms with van der Waals surface area (Å²) >= 11 is 0. The largest absolute Gasteiger partial charge is 0.357 e. The van der Waals surface area contributed by atoms with Gasteiger partial charge in [0.05, 0.1) is 6.54 Å².